The molecule has 0 heterocycles. The molecule has 0 bridgehead atoms. The molecule has 2 N–H and O–H groups in total. The molecule has 0 aliphatic rings. The quantitative estimate of drug-likeness (QED) is 0.541. The summed E-state index contributed by atoms with van der Waals surface area (Å²) in [6, 6.07) is 12.6. The predicted octanol–water partition coefficient (Wildman–Crippen LogP) is 4.60. The van der Waals surface area contributed by atoms with Gasteiger partial charge < -0.3 is 10.1 Å². The van der Waals surface area contributed by atoms with Crippen molar-refractivity contribution in [1.82, 2.24) is 10.6 Å². The Morgan fingerprint density at radius 2 is 1.92 bits per heavy atom. The third kappa shape index (κ3) is 6.67. The van der Waals surface area contributed by atoms with Gasteiger partial charge in [0.05, 0.1) is 6.61 Å². The molecule has 2 aromatic rings. The lowest BCUT2D eigenvalue weighted by Crippen LogP contribution is -2.38. The lowest BCUT2D eigenvalue weighted by molar-refractivity contribution is -0.115. The molecule has 0 saturated carbocycles. The van der Waals surface area contributed by atoms with Gasteiger partial charge in [-0.25, -0.2) is 0 Å². The summed E-state index contributed by atoms with van der Waals surface area (Å²) in [5, 5.41) is 6.84. The topological polar surface area (TPSA) is 50.4 Å². The molecule has 0 saturated heterocycles. The second kappa shape index (κ2) is 10.2. The van der Waals surface area contributed by atoms with E-state index in [2.05, 4.69) is 10.6 Å². The summed E-state index contributed by atoms with van der Waals surface area (Å²) in [5.41, 5.74) is 1.72. The number of hydrogen-bond donors (Lipinski definition) is 2. The first-order chi connectivity index (χ1) is 12.5. The highest BCUT2D eigenvalue weighted by molar-refractivity contribution is 7.80. The van der Waals surface area contributed by atoms with Crippen molar-refractivity contribution in [1.29, 1.82) is 0 Å². The van der Waals surface area contributed by atoms with E-state index in [0.29, 0.717) is 23.2 Å². The Hall–Kier alpha value is -2.08. The Kier molecular flexibility index (Phi) is 7.91. The van der Waals surface area contributed by atoms with Crippen molar-refractivity contribution >= 4 is 52.5 Å². The van der Waals surface area contributed by atoms with Gasteiger partial charge in [0, 0.05) is 22.7 Å². The van der Waals surface area contributed by atoms with Crippen LogP contribution in [0.1, 0.15) is 18.1 Å². The number of nitrogens with one attached hydrogen (secondary N) is 2. The first kappa shape index (κ1) is 20.2. The smallest absolute Gasteiger partial charge is 0.250 e. The Labute approximate surface area is 168 Å². The normalized spacial score (nSPS) is 10.6. The van der Waals surface area contributed by atoms with Crippen LogP contribution in [0.5, 0.6) is 5.75 Å². The van der Waals surface area contributed by atoms with Crippen LogP contribution < -0.4 is 15.4 Å². The second-order valence-electron chi connectivity index (χ2n) is 5.24. The van der Waals surface area contributed by atoms with Crippen molar-refractivity contribution in [2.45, 2.75) is 13.5 Å². The number of rotatable bonds is 6. The highest BCUT2D eigenvalue weighted by Gasteiger charge is 2.04. The van der Waals surface area contributed by atoms with E-state index in [1.165, 1.54) is 6.08 Å². The predicted molar refractivity (Wildman–Crippen MR) is 111 cm³/mol. The van der Waals surface area contributed by atoms with Crippen molar-refractivity contribution in [3.05, 3.63) is 69.7 Å². The maximum atomic E-state index is 11.9. The standard InChI is InChI=1S/C19H18Cl2N2O2S/c1-2-25-16-8-3-13(4-9-16)5-10-18(24)23-19(26)22-12-14-6-7-15(20)11-17(14)21/h3-11H,2,12H2,1H3,(H2,22,23,24,26)/b10-5+. The third-order valence-electron chi connectivity index (χ3n) is 3.31. The van der Waals surface area contributed by atoms with Crippen molar-refractivity contribution in [3.8, 4) is 5.75 Å². The molecule has 2 aromatic carbocycles. The average molecular weight is 409 g/mol. The molecule has 26 heavy (non-hydrogen) atoms. The first-order valence-corrected chi connectivity index (χ1v) is 9.08. The minimum Gasteiger partial charge on any atom is -0.494 e. The van der Waals surface area contributed by atoms with Gasteiger partial charge in [-0.1, -0.05) is 41.4 Å². The Morgan fingerprint density at radius 3 is 2.58 bits per heavy atom. The molecule has 7 heteroatoms. The molecule has 0 fully saturated rings. The molecule has 136 valence electrons. The van der Waals surface area contributed by atoms with Crippen molar-refractivity contribution in [2.75, 3.05) is 6.61 Å². The monoisotopic (exact) mass is 408 g/mol. The summed E-state index contributed by atoms with van der Waals surface area (Å²) >= 11 is 17.1. The fraction of sp³-hybridized carbons (Fsp3) is 0.158. The van der Waals surface area contributed by atoms with E-state index < -0.39 is 0 Å². The van der Waals surface area contributed by atoms with Crippen LogP contribution in [0.15, 0.2) is 48.5 Å². The molecule has 0 aromatic heterocycles. The molecule has 0 atom stereocenters. The number of carbonyl (C=O) groups excluding carboxylic acids is 1. The molecule has 0 aliphatic carbocycles. The summed E-state index contributed by atoms with van der Waals surface area (Å²) in [6.45, 7) is 2.93. The Morgan fingerprint density at radius 1 is 1.19 bits per heavy atom. The molecule has 1 amide bonds. The van der Waals surface area contributed by atoms with Gasteiger partial charge in [-0.15, -0.1) is 0 Å². The summed E-state index contributed by atoms with van der Waals surface area (Å²) < 4.78 is 5.37. The van der Waals surface area contributed by atoms with E-state index in [9.17, 15) is 4.79 Å². The summed E-state index contributed by atoms with van der Waals surface area (Å²) in [5.74, 6) is 0.471. The second-order valence-corrected chi connectivity index (χ2v) is 6.49. The van der Waals surface area contributed by atoms with E-state index in [1.807, 2.05) is 31.2 Å². The van der Waals surface area contributed by atoms with E-state index in [4.69, 9.17) is 40.2 Å². The van der Waals surface area contributed by atoms with Gasteiger partial charge in [0.15, 0.2) is 5.11 Å². The van der Waals surface area contributed by atoms with E-state index in [0.717, 1.165) is 16.9 Å². The maximum Gasteiger partial charge on any atom is 0.250 e. The van der Waals surface area contributed by atoms with Gasteiger partial charge in [0.25, 0.3) is 0 Å². The molecule has 0 unspecified atom stereocenters. The summed E-state index contributed by atoms with van der Waals surface area (Å²) in [4.78, 5) is 11.9. The fourth-order valence-corrected chi connectivity index (χ4v) is 2.70. The van der Waals surface area contributed by atoms with Gasteiger partial charge in [0.1, 0.15) is 5.75 Å². The van der Waals surface area contributed by atoms with E-state index >= 15 is 0 Å². The van der Waals surface area contributed by atoms with Gasteiger partial charge in [-0.2, -0.15) is 0 Å². The largest absolute Gasteiger partial charge is 0.494 e. The average Bonchev–Trinajstić information content (AvgIpc) is 2.60. The van der Waals surface area contributed by atoms with Crippen LogP contribution >= 0.6 is 35.4 Å². The molecule has 0 radical (unpaired) electrons. The number of thiocarbonyl (C=S) groups is 1. The fourth-order valence-electron chi connectivity index (χ4n) is 2.05. The number of benzene rings is 2. The third-order valence-corrected chi connectivity index (χ3v) is 4.14. The zero-order chi connectivity index (χ0) is 18.9. The van der Waals surface area contributed by atoms with Crippen LogP contribution in [-0.4, -0.2) is 17.6 Å². The van der Waals surface area contributed by atoms with Crippen LogP contribution in [0.3, 0.4) is 0 Å². The summed E-state index contributed by atoms with van der Waals surface area (Å²) in [6.07, 6.45) is 3.11. The number of ether oxygens (including phenoxy) is 1. The van der Waals surface area contributed by atoms with Gasteiger partial charge in [-0.05, 0) is 60.6 Å². The van der Waals surface area contributed by atoms with Crippen LogP contribution in [0.4, 0.5) is 0 Å². The Bertz CT molecular complexity index is 808. The maximum absolute atomic E-state index is 11.9. The minimum absolute atomic E-state index is 0.220. The molecule has 0 spiro atoms. The molecule has 2 rings (SSSR count). The highest BCUT2D eigenvalue weighted by atomic mass is 35.5. The van der Waals surface area contributed by atoms with Gasteiger partial charge >= 0.3 is 0 Å². The zero-order valence-corrected chi connectivity index (χ0v) is 16.4. The minimum atomic E-state index is -0.321. The lowest BCUT2D eigenvalue weighted by Gasteiger charge is -2.09. The molecular formula is C19H18Cl2N2O2S. The van der Waals surface area contributed by atoms with E-state index in [-0.39, 0.29) is 11.0 Å². The number of hydrogen-bond acceptors (Lipinski definition) is 3. The first-order valence-electron chi connectivity index (χ1n) is 7.91. The van der Waals surface area contributed by atoms with E-state index in [1.54, 1.807) is 24.3 Å². The van der Waals surface area contributed by atoms with Crippen molar-refractivity contribution in [3.63, 3.8) is 0 Å². The molecule has 0 aliphatic heterocycles. The SMILES string of the molecule is CCOc1ccc(/C=C/C(=O)NC(=S)NCc2ccc(Cl)cc2Cl)cc1. The Balaban J connectivity index is 1.81. The van der Waals surface area contributed by atoms with Gasteiger partial charge in [0.2, 0.25) is 5.91 Å². The van der Waals surface area contributed by atoms with Crippen molar-refractivity contribution in [2.24, 2.45) is 0 Å². The number of amides is 1. The van der Waals surface area contributed by atoms with Crippen LogP contribution in [0.2, 0.25) is 10.0 Å². The summed E-state index contributed by atoms with van der Waals surface area (Å²) in [7, 11) is 0. The number of halogens is 2. The van der Waals surface area contributed by atoms with Crippen LogP contribution in [0, 0.1) is 0 Å². The molecular weight excluding hydrogens is 391 g/mol. The van der Waals surface area contributed by atoms with Crippen molar-refractivity contribution < 1.29 is 9.53 Å². The lowest BCUT2D eigenvalue weighted by atomic mass is 10.2. The van der Waals surface area contributed by atoms with Crippen LogP contribution in [-0.2, 0) is 11.3 Å². The van der Waals surface area contributed by atoms with Crippen LogP contribution in [0.25, 0.3) is 6.08 Å². The zero-order valence-electron chi connectivity index (χ0n) is 14.1. The van der Waals surface area contributed by atoms with Gasteiger partial charge in [-0.3, -0.25) is 10.1 Å². The number of carbonyl (C=O) groups is 1. The highest BCUT2D eigenvalue weighted by Crippen LogP contribution is 2.20. The molecule has 4 nitrogen and oxygen atoms in total.